The van der Waals surface area contributed by atoms with Gasteiger partial charge in [-0.05, 0) is 18.3 Å². The molecule has 0 bridgehead atoms. The molecule has 64 valence electrons. The largest absolute Gasteiger partial charge is 0.103 e. The Labute approximate surface area is 70.7 Å². The van der Waals surface area contributed by atoms with Crippen molar-refractivity contribution in [2.24, 2.45) is 11.8 Å². The van der Waals surface area contributed by atoms with Gasteiger partial charge in [-0.25, -0.2) is 0 Å². The molecular weight excluding hydrogens is 132 g/mol. The maximum absolute atomic E-state index is 3.79. The number of hydrogen-bond donors (Lipinski definition) is 0. The van der Waals surface area contributed by atoms with E-state index in [9.17, 15) is 0 Å². The normalized spacial score (nSPS) is 19.7. The number of hydrogen-bond acceptors (Lipinski definition) is 0. The van der Waals surface area contributed by atoms with E-state index in [-0.39, 0.29) is 0 Å². The Balaban J connectivity index is 1.82. The van der Waals surface area contributed by atoms with Crippen molar-refractivity contribution in [2.75, 3.05) is 0 Å². The summed E-state index contributed by atoms with van der Waals surface area (Å²) in [6.07, 6.45) is 10.8. The monoisotopic (exact) mass is 152 g/mol. The second-order valence-corrected chi connectivity index (χ2v) is 3.94. The van der Waals surface area contributed by atoms with Crippen molar-refractivity contribution in [2.45, 2.75) is 45.4 Å². The molecule has 0 nitrogen and oxygen atoms in total. The van der Waals surface area contributed by atoms with Gasteiger partial charge in [0.05, 0.1) is 0 Å². The van der Waals surface area contributed by atoms with Crippen LogP contribution in [-0.4, -0.2) is 0 Å². The fraction of sp³-hybridized carbons (Fsp3) is 0.818. The third-order valence-electron chi connectivity index (χ3n) is 2.62. The molecule has 0 aromatic carbocycles. The zero-order valence-corrected chi connectivity index (χ0v) is 7.68. The molecule has 0 aromatic heterocycles. The molecule has 0 aromatic rings. The van der Waals surface area contributed by atoms with Crippen LogP contribution in [0.25, 0.3) is 0 Å². The first-order chi connectivity index (χ1) is 5.33. The lowest BCUT2D eigenvalue weighted by atomic mass is 10.0. The van der Waals surface area contributed by atoms with Crippen LogP contribution in [0.2, 0.25) is 0 Å². The number of unbranched alkanes of at least 4 members (excludes halogenated alkanes) is 1. The minimum atomic E-state index is 0.731. The highest BCUT2D eigenvalue weighted by atomic mass is 14.3. The van der Waals surface area contributed by atoms with Crippen LogP contribution in [0.5, 0.6) is 0 Å². The van der Waals surface area contributed by atoms with E-state index in [0.29, 0.717) is 0 Å². The molecule has 1 saturated carbocycles. The first-order valence-corrected chi connectivity index (χ1v) is 4.95. The van der Waals surface area contributed by atoms with Gasteiger partial charge in [0.2, 0.25) is 0 Å². The molecule has 0 heterocycles. The molecule has 0 radical (unpaired) electrons. The molecular formula is C11H20. The van der Waals surface area contributed by atoms with Crippen LogP contribution in [0.4, 0.5) is 0 Å². The van der Waals surface area contributed by atoms with Gasteiger partial charge in [0, 0.05) is 0 Å². The average Bonchev–Trinajstić information content (AvgIpc) is 2.81. The molecule has 1 aliphatic carbocycles. The summed E-state index contributed by atoms with van der Waals surface area (Å²) in [4.78, 5) is 0. The van der Waals surface area contributed by atoms with Crippen molar-refractivity contribution in [1.29, 1.82) is 0 Å². The van der Waals surface area contributed by atoms with Gasteiger partial charge < -0.3 is 0 Å². The van der Waals surface area contributed by atoms with E-state index in [1.165, 1.54) is 38.5 Å². The quantitative estimate of drug-likeness (QED) is 0.401. The van der Waals surface area contributed by atoms with Crippen LogP contribution >= 0.6 is 0 Å². The lowest BCUT2D eigenvalue weighted by molar-refractivity contribution is 0.547. The van der Waals surface area contributed by atoms with E-state index in [2.05, 4.69) is 19.6 Å². The lowest BCUT2D eigenvalue weighted by Crippen LogP contribution is -1.88. The highest BCUT2D eigenvalue weighted by Crippen LogP contribution is 2.34. The summed E-state index contributed by atoms with van der Waals surface area (Å²) in [5.41, 5.74) is 0. The molecule has 1 rings (SSSR count). The molecule has 0 heteroatoms. The molecule has 0 saturated heterocycles. The first kappa shape index (κ1) is 8.83. The van der Waals surface area contributed by atoms with Crippen molar-refractivity contribution in [3.05, 3.63) is 12.7 Å². The highest BCUT2D eigenvalue weighted by Gasteiger charge is 2.19. The van der Waals surface area contributed by atoms with Gasteiger partial charge in [-0.3, -0.25) is 0 Å². The zero-order valence-electron chi connectivity index (χ0n) is 7.68. The SMILES string of the molecule is C=CC(C)CCCCC1CC1. The second kappa shape index (κ2) is 4.58. The van der Waals surface area contributed by atoms with Gasteiger partial charge in [0.25, 0.3) is 0 Å². The van der Waals surface area contributed by atoms with Crippen LogP contribution in [0.1, 0.15) is 45.4 Å². The summed E-state index contributed by atoms with van der Waals surface area (Å²) in [7, 11) is 0. The summed E-state index contributed by atoms with van der Waals surface area (Å²) in [6, 6.07) is 0. The van der Waals surface area contributed by atoms with E-state index < -0.39 is 0 Å². The minimum Gasteiger partial charge on any atom is -0.103 e. The first-order valence-electron chi connectivity index (χ1n) is 4.95. The number of rotatable bonds is 6. The van der Waals surface area contributed by atoms with Crippen LogP contribution in [-0.2, 0) is 0 Å². The second-order valence-electron chi connectivity index (χ2n) is 3.94. The van der Waals surface area contributed by atoms with Gasteiger partial charge in [0.1, 0.15) is 0 Å². The predicted molar refractivity (Wildman–Crippen MR) is 50.6 cm³/mol. The molecule has 0 spiro atoms. The third kappa shape index (κ3) is 4.23. The maximum atomic E-state index is 3.79. The van der Waals surface area contributed by atoms with Crippen molar-refractivity contribution in [3.63, 3.8) is 0 Å². The van der Waals surface area contributed by atoms with Crippen LogP contribution in [0.15, 0.2) is 12.7 Å². The topological polar surface area (TPSA) is 0 Å². The average molecular weight is 152 g/mol. The lowest BCUT2D eigenvalue weighted by Gasteiger charge is -2.03. The summed E-state index contributed by atoms with van der Waals surface area (Å²) in [5.74, 6) is 1.85. The molecule has 0 amide bonds. The molecule has 1 fully saturated rings. The van der Waals surface area contributed by atoms with Gasteiger partial charge >= 0.3 is 0 Å². The van der Waals surface area contributed by atoms with Gasteiger partial charge in [-0.1, -0.05) is 45.1 Å². The Kier molecular flexibility index (Phi) is 3.68. The predicted octanol–water partition coefficient (Wildman–Crippen LogP) is 3.78. The summed E-state index contributed by atoms with van der Waals surface area (Å²) >= 11 is 0. The Bertz CT molecular complexity index is 111. The third-order valence-corrected chi connectivity index (χ3v) is 2.62. The van der Waals surface area contributed by atoms with Crippen molar-refractivity contribution in [3.8, 4) is 0 Å². The fourth-order valence-corrected chi connectivity index (χ4v) is 1.42. The van der Waals surface area contributed by atoms with Crippen molar-refractivity contribution >= 4 is 0 Å². The van der Waals surface area contributed by atoms with Crippen molar-refractivity contribution in [1.82, 2.24) is 0 Å². The van der Waals surface area contributed by atoms with E-state index in [0.717, 1.165) is 11.8 Å². The van der Waals surface area contributed by atoms with E-state index in [1.807, 2.05) is 0 Å². The fourth-order valence-electron chi connectivity index (χ4n) is 1.42. The van der Waals surface area contributed by atoms with Crippen LogP contribution < -0.4 is 0 Å². The molecule has 0 aliphatic heterocycles. The summed E-state index contributed by atoms with van der Waals surface area (Å²) in [5, 5.41) is 0. The molecule has 0 N–H and O–H groups in total. The molecule has 11 heavy (non-hydrogen) atoms. The molecule has 1 aliphatic rings. The van der Waals surface area contributed by atoms with Crippen LogP contribution in [0, 0.1) is 11.8 Å². The van der Waals surface area contributed by atoms with Gasteiger partial charge in [0.15, 0.2) is 0 Å². The summed E-state index contributed by atoms with van der Waals surface area (Å²) in [6.45, 7) is 6.04. The Morgan fingerprint density at radius 3 is 2.73 bits per heavy atom. The Morgan fingerprint density at radius 1 is 1.45 bits per heavy atom. The minimum absolute atomic E-state index is 0.731. The van der Waals surface area contributed by atoms with E-state index in [1.54, 1.807) is 0 Å². The molecule has 1 unspecified atom stereocenters. The van der Waals surface area contributed by atoms with E-state index >= 15 is 0 Å². The van der Waals surface area contributed by atoms with Gasteiger partial charge in [-0.15, -0.1) is 6.58 Å². The van der Waals surface area contributed by atoms with Crippen LogP contribution in [0.3, 0.4) is 0 Å². The van der Waals surface area contributed by atoms with E-state index in [4.69, 9.17) is 0 Å². The Hall–Kier alpha value is -0.260. The standard InChI is InChI=1S/C11H20/c1-3-10(2)6-4-5-7-11-8-9-11/h3,10-11H,1,4-9H2,2H3. The van der Waals surface area contributed by atoms with Gasteiger partial charge in [-0.2, -0.15) is 0 Å². The summed E-state index contributed by atoms with van der Waals surface area (Å²) < 4.78 is 0. The maximum Gasteiger partial charge on any atom is -0.0265 e. The number of allylic oxidation sites excluding steroid dienone is 1. The zero-order chi connectivity index (χ0) is 8.10. The smallest absolute Gasteiger partial charge is 0.0265 e. The highest BCUT2D eigenvalue weighted by molar-refractivity contribution is 4.76. The van der Waals surface area contributed by atoms with Crippen molar-refractivity contribution < 1.29 is 0 Å². The Morgan fingerprint density at radius 2 is 2.18 bits per heavy atom. The molecule has 1 atom stereocenters.